The Morgan fingerprint density at radius 1 is 1.41 bits per heavy atom. The van der Waals surface area contributed by atoms with E-state index in [4.69, 9.17) is 16.3 Å². The van der Waals surface area contributed by atoms with Crippen molar-refractivity contribution in [1.29, 1.82) is 0 Å². The van der Waals surface area contributed by atoms with Gasteiger partial charge in [0.15, 0.2) is 0 Å². The number of hydrogen-bond acceptors (Lipinski definition) is 2. The van der Waals surface area contributed by atoms with Gasteiger partial charge in [0, 0.05) is 0 Å². The Morgan fingerprint density at radius 3 is 2.76 bits per heavy atom. The van der Waals surface area contributed by atoms with Crippen molar-refractivity contribution in [3.63, 3.8) is 0 Å². The number of ether oxygens (including phenoxy) is 1. The number of nitrogens with one attached hydrogen (secondary N) is 1. The van der Waals surface area contributed by atoms with E-state index in [1.54, 1.807) is 0 Å². The van der Waals surface area contributed by atoms with Gasteiger partial charge in [0.05, 0.1) is 10.7 Å². The molecule has 0 spiro atoms. The summed E-state index contributed by atoms with van der Waals surface area (Å²) in [5, 5.41) is 3.22. The maximum Gasteiger partial charge on any atom is 0.412 e. The number of rotatable bonds is 3. The van der Waals surface area contributed by atoms with Crippen LogP contribution in [0.5, 0.6) is 0 Å². The second-order valence-corrected chi connectivity index (χ2v) is 4.28. The minimum Gasteiger partial charge on any atom is -0.440 e. The summed E-state index contributed by atoms with van der Waals surface area (Å²) in [5.41, 5.74) is 1.56. The van der Waals surface area contributed by atoms with Crippen molar-refractivity contribution < 1.29 is 9.53 Å². The van der Waals surface area contributed by atoms with Crippen LogP contribution in [0.25, 0.3) is 5.03 Å². The van der Waals surface area contributed by atoms with Gasteiger partial charge in [-0.3, -0.25) is 5.32 Å². The molecule has 1 saturated heterocycles. The molecule has 0 aliphatic carbocycles. The van der Waals surface area contributed by atoms with Gasteiger partial charge in [0.1, 0.15) is 6.10 Å². The van der Waals surface area contributed by atoms with Crippen LogP contribution in [0.4, 0.5) is 4.79 Å². The van der Waals surface area contributed by atoms with E-state index in [1.807, 2.05) is 37.3 Å². The van der Waals surface area contributed by atoms with Crippen molar-refractivity contribution in [2.45, 2.75) is 25.9 Å². The van der Waals surface area contributed by atoms with Gasteiger partial charge < -0.3 is 4.74 Å². The van der Waals surface area contributed by atoms with E-state index in [0.717, 1.165) is 18.4 Å². The third-order valence-corrected chi connectivity index (χ3v) is 3.04. The quantitative estimate of drug-likeness (QED) is 0.893. The van der Waals surface area contributed by atoms with Gasteiger partial charge in [0.2, 0.25) is 0 Å². The minimum absolute atomic E-state index is 0.250. The molecule has 1 heterocycles. The molecule has 1 aromatic rings. The molecule has 1 atom stereocenters. The fourth-order valence-electron chi connectivity index (χ4n) is 1.81. The molecular formula is C13H14ClNO2. The normalized spacial score (nSPS) is 22.0. The number of carbonyl (C=O) groups excluding carboxylic acids is 1. The van der Waals surface area contributed by atoms with Crippen molar-refractivity contribution in [3.05, 3.63) is 41.6 Å². The summed E-state index contributed by atoms with van der Waals surface area (Å²) in [4.78, 5) is 11.2. The molecule has 1 fully saturated rings. The number of benzene rings is 1. The van der Waals surface area contributed by atoms with Crippen LogP contribution in [-0.4, -0.2) is 12.2 Å². The lowest BCUT2D eigenvalue weighted by Gasteiger charge is -2.10. The summed E-state index contributed by atoms with van der Waals surface area (Å²) < 4.78 is 5.16. The van der Waals surface area contributed by atoms with Crippen molar-refractivity contribution in [3.8, 4) is 0 Å². The number of cyclic esters (lactones) is 1. The summed E-state index contributed by atoms with van der Waals surface area (Å²) in [6.07, 6.45) is 1.03. The van der Waals surface area contributed by atoms with Gasteiger partial charge >= 0.3 is 6.09 Å². The lowest BCUT2D eigenvalue weighted by Crippen LogP contribution is -2.14. The summed E-state index contributed by atoms with van der Waals surface area (Å²) in [7, 11) is 0. The van der Waals surface area contributed by atoms with Crippen molar-refractivity contribution in [2.24, 2.45) is 0 Å². The zero-order valence-corrected chi connectivity index (χ0v) is 10.3. The Bertz CT molecular complexity index is 442. The van der Waals surface area contributed by atoms with E-state index >= 15 is 0 Å². The maximum absolute atomic E-state index is 11.2. The fraction of sp³-hybridized carbons (Fsp3) is 0.308. The van der Waals surface area contributed by atoms with Crippen LogP contribution in [0.1, 0.15) is 25.3 Å². The topological polar surface area (TPSA) is 38.3 Å². The molecule has 0 radical (unpaired) electrons. The molecule has 17 heavy (non-hydrogen) atoms. The highest BCUT2D eigenvalue weighted by Crippen LogP contribution is 2.29. The molecule has 1 aliphatic heterocycles. The molecule has 0 saturated carbocycles. The summed E-state index contributed by atoms with van der Waals surface area (Å²) in [5.74, 6) is 0. The predicted octanol–water partition coefficient (Wildman–Crippen LogP) is 3.50. The zero-order valence-electron chi connectivity index (χ0n) is 9.57. The van der Waals surface area contributed by atoms with Crippen LogP contribution in [0.2, 0.25) is 0 Å². The second kappa shape index (κ2) is 5.23. The number of halogens is 1. The third kappa shape index (κ3) is 2.61. The number of hydrogen-bond donors (Lipinski definition) is 1. The van der Waals surface area contributed by atoms with Crippen LogP contribution in [0, 0.1) is 0 Å². The highest BCUT2D eigenvalue weighted by molar-refractivity contribution is 6.49. The van der Waals surface area contributed by atoms with Gasteiger partial charge in [0.25, 0.3) is 0 Å². The Labute approximate surface area is 105 Å². The van der Waals surface area contributed by atoms with Crippen LogP contribution in [0.3, 0.4) is 0 Å². The lowest BCUT2D eigenvalue weighted by atomic mass is 10.1. The van der Waals surface area contributed by atoms with Crippen LogP contribution in [0.15, 0.2) is 36.0 Å². The molecule has 90 valence electrons. The van der Waals surface area contributed by atoms with E-state index < -0.39 is 6.09 Å². The number of alkyl carbamates (subject to hydrolysis) is 1. The number of amides is 1. The molecule has 4 heteroatoms. The molecule has 3 nitrogen and oxygen atoms in total. The van der Waals surface area contributed by atoms with Crippen LogP contribution in [-0.2, 0) is 4.74 Å². The number of carbonyl (C=O) groups is 1. The maximum atomic E-state index is 11.2. The highest BCUT2D eigenvalue weighted by Gasteiger charge is 2.30. The minimum atomic E-state index is -0.424. The van der Waals surface area contributed by atoms with E-state index in [0.29, 0.717) is 10.7 Å². The van der Waals surface area contributed by atoms with E-state index in [1.165, 1.54) is 0 Å². The monoisotopic (exact) mass is 251 g/mol. The summed E-state index contributed by atoms with van der Waals surface area (Å²) in [6, 6.07) is 9.55. The molecule has 1 aromatic carbocycles. The van der Waals surface area contributed by atoms with Crippen molar-refractivity contribution in [2.75, 3.05) is 0 Å². The second-order valence-electron chi connectivity index (χ2n) is 3.90. The molecule has 1 amide bonds. The van der Waals surface area contributed by atoms with Crippen molar-refractivity contribution in [1.82, 2.24) is 5.32 Å². The Balaban J connectivity index is 2.32. The Kier molecular flexibility index (Phi) is 3.69. The molecule has 0 bridgehead atoms. The average molecular weight is 252 g/mol. The van der Waals surface area contributed by atoms with E-state index in [9.17, 15) is 4.79 Å². The predicted molar refractivity (Wildman–Crippen MR) is 67.5 cm³/mol. The van der Waals surface area contributed by atoms with Gasteiger partial charge in [-0.05, 0) is 12.0 Å². The fourth-order valence-corrected chi connectivity index (χ4v) is 2.10. The zero-order chi connectivity index (χ0) is 12.3. The largest absolute Gasteiger partial charge is 0.440 e. The Morgan fingerprint density at radius 2 is 2.12 bits per heavy atom. The SMILES string of the molecule is CCCC1OC(=O)N/C1=C(\Cl)c1ccccc1. The van der Waals surface area contributed by atoms with Gasteiger partial charge in [-0.25, -0.2) is 4.79 Å². The van der Waals surface area contributed by atoms with Crippen molar-refractivity contribution >= 4 is 22.7 Å². The smallest absolute Gasteiger partial charge is 0.412 e. The third-order valence-electron chi connectivity index (χ3n) is 2.62. The first-order chi connectivity index (χ1) is 8.22. The highest BCUT2D eigenvalue weighted by atomic mass is 35.5. The molecular weight excluding hydrogens is 238 g/mol. The van der Waals surface area contributed by atoms with E-state index in [2.05, 4.69) is 5.32 Å². The molecule has 1 N–H and O–H groups in total. The lowest BCUT2D eigenvalue weighted by molar-refractivity contribution is 0.141. The average Bonchev–Trinajstić information content (AvgIpc) is 2.71. The van der Waals surface area contributed by atoms with Gasteiger partial charge in [-0.2, -0.15) is 0 Å². The Hall–Kier alpha value is -1.48. The van der Waals surface area contributed by atoms with Crippen LogP contribution >= 0.6 is 11.6 Å². The standard InChI is InChI=1S/C13H14ClNO2/c1-2-6-10-12(15-13(16)17-10)11(14)9-7-4-3-5-8-9/h3-5,7-8,10H,2,6H2,1H3,(H,15,16)/b12-11-. The molecule has 1 unspecified atom stereocenters. The van der Waals surface area contributed by atoms with Crippen LogP contribution < -0.4 is 5.32 Å². The molecule has 0 aromatic heterocycles. The first kappa shape index (κ1) is 12.0. The molecule has 1 aliphatic rings. The first-order valence-electron chi connectivity index (χ1n) is 5.65. The summed E-state index contributed by atoms with van der Waals surface area (Å²) in [6.45, 7) is 2.04. The molecule has 2 rings (SSSR count). The van der Waals surface area contributed by atoms with Gasteiger partial charge in [-0.15, -0.1) is 0 Å². The van der Waals surface area contributed by atoms with Gasteiger partial charge in [-0.1, -0.05) is 55.3 Å². The van der Waals surface area contributed by atoms with E-state index in [-0.39, 0.29) is 6.10 Å². The first-order valence-corrected chi connectivity index (χ1v) is 6.03. The summed E-state index contributed by atoms with van der Waals surface area (Å²) >= 11 is 6.29.